The fourth-order valence-electron chi connectivity index (χ4n) is 2.00. The Morgan fingerprint density at radius 2 is 2.28 bits per heavy atom. The van der Waals surface area contributed by atoms with Crippen LogP contribution < -0.4 is 4.74 Å². The number of carbonyl (C=O) groups is 1. The molecule has 0 saturated heterocycles. The predicted octanol–water partition coefficient (Wildman–Crippen LogP) is 1.68. The van der Waals surface area contributed by atoms with Crippen LogP contribution in [0.2, 0.25) is 0 Å². The number of aliphatic hydroxyl groups is 1. The minimum atomic E-state index is -0.0203. The van der Waals surface area contributed by atoms with E-state index in [4.69, 9.17) is 9.84 Å². The normalized spacial score (nSPS) is 14.3. The summed E-state index contributed by atoms with van der Waals surface area (Å²) >= 11 is 0. The molecule has 18 heavy (non-hydrogen) atoms. The third-order valence-electron chi connectivity index (χ3n) is 2.98. The van der Waals surface area contributed by atoms with Gasteiger partial charge in [0.1, 0.15) is 5.75 Å². The minimum Gasteiger partial charge on any atom is -0.494 e. The SMILES string of the molecule is CCOc1cccc(C(=O)N(CCO)C2CC2)c1. The van der Waals surface area contributed by atoms with Crippen LogP contribution in [0.5, 0.6) is 5.75 Å². The lowest BCUT2D eigenvalue weighted by atomic mass is 10.2. The molecule has 4 nitrogen and oxygen atoms in total. The number of hydrogen-bond acceptors (Lipinski definition) is 3. The van der Waals surface area contributed by atoms with Gasteiger partial charge < -0.3 is 14.7 Å². The van der Waals surface area contributed by atoms with E-state index in [1.165, 1.54) is 0 Å². The maximum Gasteiger partial charge on any atom is 0.254 e. The first-order valence-electron chi connectivity index (χ1n) is 6.41. The van der Waals surface area contributed by atoms with E-state index in [1.54, 1.807) is 17.0 Å². The summed E-state index contributed by atoms with van der Waals surface area (Å²) < 4.78 is 5.39. The van der Waals surface area contributed by atoms with Gasteiger partial charge in [0.05, 0.1) is 13.2 Å². The van der Waals surface area contributed by atoms with Gasteiger partial charge >= 0.3 is 0 Å². The zero-order valence-electron chi connectivity index (χ0n) is 10.6. The molecular weight excluding hydrogens is 230 g/mol. The smallest absolute Gasteiger partial charge is 0.254 e. The van der Waals surface area contributed by atoms with Crippen LogP contribution in [0.15, 0.2) is 24.3 Å². The van der Waals surface area contributed by atoms with E-state index in [1.807, 2.05) is 19.1 Å². The highest BCUT2D eigenvalue weighted by atomic mass is 16.5. The number of rotatable bonds is 6. The van der Waals surface area contributed by atoms with Crippen molar-refractivity contribution >= 4 is 5.91 Å². The molecule has 0 bridgehead atoms. The number of hydrogen-bond donors (Lipinski definition) is 1. The molecule has 1 fully saturated rings. The number of nitrogens with zero attached hydrogens (tertiary/aromatic N) is 1. The van der Waals surface area contributed by atoms with Gasteiger partial charge in [-0.05, 0) is 38.0 Å². The molecule has 1 saturated carbocycles. The van der Waals surface area contributed by atoms with Gasteiger partial charge in [0.25, 0.3) is 5.91 Å². The number of carbonyl (C=O) groups excluding carboxylic acids is 1. The van der Waals surface area contributed by atoms with Gasteiger partial charge in [0.2, 0.25) is 0 Å². The topological polar surface area (TPSA) is 49.8 Å². The Kier molecular flexibility index (Phi) is 4.20. The molecule has 1 aliphatic carbocycles. The highest BCUT2D eigenvalue weighted by Gasteiger charge is 2.32. The summed E-state index contributed by atoms with van der Waals surface area (Å²) in [5, 5.41) is 9.03. The van der Waals surface area contributed by atoms with Crippen molar-refractivity contribution in [1.29, 1.82) is 0 Å². The Bertz CT molecular complexity index is 415. The van der Waals surface area contributed by atoms with Gasteiger partial charge in [0, 0.05) is 18.2 Å². The molecule has 2 rings (SSSR count). The Morgan fingerprint density at radius 3 is 2.89 bits per heavy atom. The van der Waals surface area contributed by atoms with Crippen molar-refractivity contribution in [3.8, 4) is 5.75 Å². The van der Waals surface area contributed by atoms with Crippen molar-refractivity contribution in [3.05, 3.63) is 29.8 Å². The quantitative estimate of drug-likeness (QED) is 0.834. The zero-order chi connectivity index (χ0) is 13.0. The fourth-order valence-corrected chi connectivity index (χ4v) is 2.00. The summed E-state index contributed by atoms with van der Waals surface area (Å²) in [4.78, 5) is 14.1. The third-order valence-corrected chi connectivity index (χ3v) is 2.98. The van der Waals surface area contributed by atoms with Crippen LogP contribution in [0.25, 0.3) is 0 Å². The first-order chi connectivity index (χ1) is 8.76. The van der Waals surface area contributed by atoms with Crippen molar-refractivity contribution in [2.24, 2.45) is 0 Å². The van der Waals surface area contributed by atoms with Crippen molar-refractivity contribution in [2.45, 2.75) is 25.8 Å². The lowest BCUT2D eigenvalue weighted by Gasteiger charge is -2.21. The molecule has 0 spiro atoms. The van der Waals surface area contributed by atoms with Crippen molar-refractivity contribution < 1.29 is 14.6 Å². The van der Waals surface area contributed by atoms with Gasteiger partial charge in [-0.1, -0.05) is 6.07 Å². The molecule has 4 heteroatoms. The molecule has 0 unspecified atom stereocenters. The van der Waals surface area contributed by atoms with Crippen molar-refractivity contribution in [1.82, 2.24) is 4.90 Å². The number of ether oxygens (including phenoxy) is 1. The van der Waals surface area contributed by atoms with E-state index in [-0.39, 0.29) is 12.5 Å². The fraction of sp³-hybridized carbons (Fsp3) is 0.500. The lowest BCUT2D eigenvalue weighted by molar-refractivity contribution is 0.0707. The van der Waals surface area contributed by atoms with Gasteiger partial charge in [0.15, 0.2) is 0 Å². The Balaban J connectivity index is 2.13. The van der Waals surface area contributed by atoms with Crippen LogP contribution in [0.4, 0.5) is 0 Å². The first-order valence-corrected chi connectivity index (χ1v) is 6.41. The van der Waals surface area contributed by atoms with E-state index < -0.39 is 0 Å². The molecule has 0 heterocycles. The van der Waals surface area contributed by atoms with E-state index in [0.29, 0.717) is 30.5 Å². The summed E-state index contributed by atoms with van der Waals surface area (Å²) in [6.45, 7) is 2.91. The van der Waals surface area contributed by atoms with Crippen molar-refractivity contribution in [2.75, 3.05) is 19.8 Å². The zero-order valence-corrected chi connectivity index (χ0v) is 10.6. The Hall–Kier alpha value is -1.55. The molecule has 1 aromatic rings. The monoisotopic (exact) mass is 249 g/mol. The van der Waals surface area contributed by atoms with E-state index in [0.717, 1.165) is 12.8 Å². The highest BCUT2D eigenvalue weighted by Crippen LogP contribution is 2.28. The van der Waals surface area contributed by atoms with Gasteiger partial charge in [-0.15, -0.1) is 0 Å². The molecule has 1 aliphatic rings. The second-order valence-electron chi connectivity index (χ2n) is 4.41. The van der Waals surface area contributed by atoms with E-state index >= 15 is 0 Å². The predicted molar refractivity (Wildman–Crippen MR) is 68.8 cm³/mol. The summed E-state index contributed by atoms with van der Waals surface area (Å²) in [5.74, 6) is 0.691. The van der Waals surface area contributed by atoms with E-state index in [2.05, 4.69) is 0 Å². The largest absolute Gasteiger partial charge is 0.494 e. The second kappa shape index (κ2) is 5.87. The maximum absolute atomic E-state index is 12.3. The van der Waals surface area contributed by atoms with Gasteiger partial charge in [-0.25, -0.2) is 0 Å². The molecule has 0 aromatic heterocycles. The molecule has 0 atom stereocenters. The molecular formula is C14H19NO3. The van der Waals surface area contributed by atoms with Crippen LogP contribution in [0.1, 0.15) is 30.1 Å². The lowest BCUT2D eigenvalue weighted by Crippen LogP contribution is -2.35. The van der Waals surface area contributed by atoms with Crippen LogP contribution in [-0.4, -0.2) is 41.7 Å². The average molecular weight is 249 g/mol. The van der Waals surface area contributed by atoms with Gasteiger partial charge in [-0.3, -0.25) is 4.79 Å². The first kappa shape index (κ1) is 12.9. The summed E-state index contributed by atoms with van der Waals surface area (Å²) in [7, 11) is 0. The maximum atomic E-state index is 12.3. The van der Waals surface area contributed by atoms with Crippen molar-refractivity contribution in [3.63, 3.8) is 0 Å². The summed E-state index contributed by atoms with van der Waals surface area (Å²) in [6, 6.07) is 7.52. The molecule has 0 aliphatic heterocycles. The molecule has 1 amide bonds. The molecule has 0 radical (unpaired) electrons. The highest BCUT2D eigenvalue weighted by molar-refractivity contribution is 5.95. The summed E-state index contributed by atoms with van der Waals surface area (Å²) in [5.41, 5.74) is 0.626. The van der Waals surface area contributed by atoms with Crippen LogP contribution in [-0.2, 0) is 0 Å². The molecule has 1 N–H and O–H groups in total. The molecule has 1 aromatic carbocycles. The third kappa shape index (κ3) is 3.01. The molecule has 98 valence electrons. The van der Waals surface area contributed by atoms with Crippen LogP contribution >= 0.6 is 0 Å². The minimum absolute atomic E-state index is 0.00733. The Morgan fingerprint density at radius 1 is 1.50 bits per heavy atom. The number of aliphatic hydroxyl groups excluding tert-OH is 1. The van der Waals surface area contributed by atoms with E-state index in [9.17, 15) is 4.79 Å². The van der Waals surface area contributed by atoms with Gasteiger partial charge in [-0.2, -0.15) is 0 Å². The van der Waals surface area contributed by atoms with Crippen LogP contribution in [0.3, 0.4) is 0 Å². The Labute approximate surface area is 107 Å². The second-order valence-corrected chi connectivity index (χ2v) is 4.41. The number of benzene rings is 1. The number of amides is 1. The van der Waals surface area contributed by atoms with Crippen LogP contribution in [0, 0.1) is 0 Å². The summed E-state index contributed by atoms with van der Waals surface area (Å²) in [6.07, 6.45) is 2.08. The standard InChI is InChI=1S/C14H19NO3/c1-2-18-13-5-3-4-11(10-13)14(17)15(8-9-16)12-6-7-12/h3-5,10,12,16H,2,6-9H2,1H3. The average Bonchev–Trinajstić information content (AvgIpc) is 3.20.